The molecule has 0 aromatic heterocycles. The largest absolute Gasteiger partial charge is 0.508 e. The SMILES string of the molecule is Cc1ccccc1N1C(=O)C(=O)/C(=C(\O)c2cccc3ccccc23)C1c1cccc(O)c1. The summed E-state index contributed by atoms with van der Waals surface area (Å²) in [6, 6.07) is 25.8. The van der Waals surface area contributed by atoms with Crippen molar-refractivity contribution in [3.63, 3.8) is 0 Å². The van der Waals surface area contributed by atoms with Crippen molar-refractivity contribution in [1.29, 1.82) is 0 Å². The number of carbonyl (C=O) groups is 2. The van der Waals surface area contributed by atoms with Gasteiger partial charge >= 0.3 is 0 Å². The fourth-order valence-corrected chi connectivity index (χ4v) is 4.50. The van der Waals surface area contributed by atoms with Crippen molar-refractivity contribution in [1.82, 2.24) is 0 Å². The average molecular weight is 435 g/mol. The minimum Gasteiger partial charge on any atom is -0.508 e. The summed E-state index contributed by atoms with van der Waals surface area (Å²) in [5, 5.41) is 23.3. The molecule has 1 aliphatic rings. The number of ketones is 1. The maximum absolute atomic E-state index is 13.3. The molecule has 1 saturated heterocycles. The van der Waals surface area contributed by atoms with Gasteiger partial charge in [-0.05, 0) is 47.0 Å². The first-order valence-corrected chi connectivity index (χ1v) is 10.6. The summed E-state index contributed by atoms with van der Waals surface area (Å²) in [4.78, 5) is 28.1. The van der Waals surface area contributed by atoms with Crippen molar-refractivity contribution in [2.45, 2.75) is 13.0 Å². The molecule has 0 aliphatic carbocycles. The van der Waals surface area contributed by atoms with Gasteiger partial charge in [-0.1, -0.05) is 72.8 Å². The van der Waals surface area contributed by atoms with Crippen LogP contribution in [0.4, 0.5) is 5.69 Å². The Hall–Kier alpha value is -4.38. The number of fused-ring (bicyclic) bond motifs is 1. The van der Waals surface area contributed by atoms with Crippen LogP contribution in [0.3, 0.4) is 0 Å². The lowest BCUT2D eigenvalue weighted by Gasteiger charge is -2.27. The van der Waals surface area contributed by atoms with Crippen LogP contribution in [0, 0.1) is 6.92 Å². The Kier molecular flexibility index (Phi) is 4.94. The van der Waals surface area contributed by atoms with E-state index in [4.69, 9.17) is 0 Å². The standard InChI is InChI=1S/C28H21NO4/c1-17-8-2-5-15-23(17)29-25(19-11-6-12-20(30)16-19)24(27(32)28(29)33)26(31)22-14-7-10-18-9-3-4-13-21(18)22/h2-16,25,30-31H,1H3/b26-24-. The van der Waals surface area contributed by atoms with Gasteiger partial charge in [0.1, 0.15) is 11.5 Å². The van der Waals surface area contributed by atoms with Crippen molar-refractivity contribution in [2.24, 2.45) is 0 Å². The quantitative estimate of drug-likeness (QED) is 0.254. The summed E-state index contributed by atoms with van der Waals surface area (Å²) in [5.41, 5.74) is 2.38. The summed E-state index contributed by atoms with van der Waals surface area (Å²) in [7, 11) is 0. The fraction of sp³-hybridized carbons (Fsp3) is 0.0714. The van der Waals surface area contributed by atoms with E-state index in [2.05, 4.69) is 0 Å². The molecule has 1 amide bonds. The molecule has 5 heteroatoms. The van der Waals surface area contributed by atoms with Crippen molar-refractivity contribution < 1.29 is 19.8 Å². The van der Waals surface area contributed by atoms with Crippen LogP contribution < -0.4 is 4.90 Å². The number of aromatic hydroxyl groups is 1. The number of nitrogens with zero attached hydrogens (tertiary/aromatic N) is 1. The fourth-order valence-electron chi connectivity index (χ4n) is 4.50. The lowest BCUT2D eigenvalue weighted by Crippen LogP contribution is -2.30. The number of aliphatic hydroxyl groups is 1. The third-order valence-corrected chi connectivity index (χ3v) is 6.05. The predicted octanol–water partition coefficient (Wildman–Crippen LogP) is 5.48. The van der Waals surface area contributed by atoms with E-state index in [1.807, 2.05) is 49.4 Å². The van der Waals surface area contributed by atoms with Gasteiger partial charge in [0.2, 0.25) is 0 Å². The van der Waals surface area contributed by atoms with E-state index in [9.17, 15) is 19.8 Å². The molecule has 1 fully saturated rings. The summed E-state index contributed by atoms with van der Waals surface area (Å²) in [6.07, 6.45) is 0. The first-order valence-electron chi connectivity index (χ1n) is 10.6. The molecular weight excluding hydrogens is 414 g/mol. The molecular formula is C28H21NO4. The van der Waals surface area contributed by atoms with E-state index in [0.717, 1.165) is 16.3 Å². The van der Waals surface area contributed by atoms with Gasteiger partial charge in [0.05, 0.1) is 11.6 Å². The highest BCUT2D eigenvalue weighted by molar-refractivity contribution is 6.52. The Morgan fingerprint density at radius 1 is 0.848 bits per heavy atom. The zero-order chi connectivity index (χ0) is 23.1. The molecule has 5 rings (SSSR count). The first-order chi connectivity index (χ1) is 16.0. The number of hydrogen-bond donors (Lipinski definition) is 2. The number of hydrogen-bond acceptors (Lipinski definition) is 4. The lowest BCUT2D eigenvalue weighted by atomic mass is 9.93. The van der Waals surface area contributed by atoms with E-state index in [1.165, 1.54) is 17.0 Å². The van der Waals surface area contributed by atoms with Gasteiger partial charge in [-0.3, -0.25) is 14.5 Å². The molecule has 0 bridgehead atoms. The van der Waals surface area contributed by atoms with Crippen LogP contribution in [0.2, 0.25) is 0 Å². The Morgan fingerprint density at radius 3 is 2.33 bits per heavy atom. The third kappa shape index (κ3) is 3.34. The Bertz CT molecular complexity index is 1450. The lowest BCUT2D eigenvalue weighted by molar-refractivity contribution is -0.132. The van der Waals surface area contributed by atoms with Gasteiger partial charge in [-0.15, -0.1) is 0 Å². The summed E-state index contributed by atoms with van der Waals surface area (Å²) in [5.74, 6) is -1.72. The number of benzene rings is 4. The van der Waals surface area contributed by atoms with Crippen LogP contribution in [0.5, 0.6) is 5.75 Å². The smallest absolute Gasteiger partial charge is 0.300 e. The number of para-hydroxylation sites is 1. The number of carbonyl (C=O) groups excluding carboxylic acids is 2. The van der Waals surface area contributed by atoms with E-state index in [1.54, 1.807) is 36.4 Å². The number of phenols is 1. The van der Waals surface area contributed by atoms with Gasteiger partial charge in [-0.2, -0.15) is 0 Å². The van der Waals surface area contributed by atoms with Crippen LogP contribution in [0.15, 0.2) is 96.6 Å². The Balaban J connectivity index is 1.80. The summed E-state index contributed by atoms with van der Waals surface area (Å²) in [6.45, 7) is 1.86. The molecule has 0 radical (unpaired) electrons. The first kappa shape index (κ1) is 20.5. The molecule has 2 N–H and O–H groups in total. The predicted molar refractivity (Wildman–Crippen MR) is 128 cm³/mol. The second-order valence-corrected chi connectivity index (χ2v) is 8.08. The second-order valence-electron chi connectivity index (χ2n) is 8.08. The zero-order valence-electron chi connectivity index (χ0n) is 17.9. The number of rotatable bonds is 3. The minimum atomic E-state index is -0.892. The van der Waals surface area contributed by atoms with E-state index >= 15 is 0 Å². The van der Waals surface area contributed by atoms with Crippen LogP contribution in [0.25, 0.3) is 16.5 Å². The van der Waals surface area contributed by atoms with Gasteiger partial charge in [0.15, 0.2) is 0 Å². The highest BCUT2D eigenvalue weighted by Gasteiger charge is 2.47. The van der Waals surface area contributed by atoms with Gasteiger partial charge in [0, 0.05) is 11.3 Å². The normalized spacial score (nSPS) is 17.6. The Labute approximate surface area is 190 Å². The third-order valence-electron chi connectivity index (χ3n) is 6.05. The van der Waals surface area contributed by atoms with Gasteiger partial charge < -0.3 is 10.2 Å². The molecule has 1 aliphatic heterocycles. The van der Waals surface area contributed by atoms with Crippen LogP contribution >= 0.6 is 0 Å². The molecule has 0 saturated carbocycles. The average Bonchev–Trinajstić information content (AvgIpc) is 3.09. The van der Waals surface area contributed by atoms with Gasteiger partial charge in [0.25, 0.3) is 11.7 Å². The van der Waals surface area contributed by atoms with Crippen molar-refractivity contribution >= 4 is 33.9 Å². The molecule has 5 nitrogen and oxygen atoms in total. The maximum Gasteiger partial charge on any atom is 0.300 e. The molecule has 4 aromatic rings. The highest BCUT2D eigenvalue weighted by atomic mass is 16.3. The zero-order valence-corrected chi connectivity index (χ0v) is 17.9. The number of amides is 1. The maximum atomic E-state index is 13.3. The van der Waals surface area contributed by atoms with E-state index in [0.29, 0.717) is 16.8 Å². The molecule has 4 aromatic carbocycles. The summed E-state index contributed by atoms with van der Waals surface area (Å²) < 4.78 is 0. The number of anilines is 1. The summed E-state index contributed by atoms with van der Waals surface area (Å²) >= 11 is 0. The topological polar surface area (TPSA) is 77.8 Å². The molecule has 162 valence electrons. The van der Waals surface area contributed by atoms with E-state index < -0.39 is 17.7 Å². The number of aliphatic hydroxyl groups excluding tert-OH is 1. The van der Waals surface area contributed by atoms with Gasteiger partial charge in [-0.25, -0.2) is 0 Å². The molecule has 33 heavy (non-hydrogen) atoms. The van der Waals surface area contributed by atoms with Crippen LogP contribution in [0.1, 0.15) is 22.7 Å². The van der Waals surface area contributed by atoms with Crippen LogP contribution in [-0.2, 0) is 9.59 Å². The van der Waals surface area contributed by atoms with E-state index in [-0.39, 0.29) is 17.1 Å². The van der Waals surface area contributed by atoms with Crippen molar-refractivity contribution in [3.8, 4) is 5.75 Å². The molecule has 1 heterocycles. The number of aryl methyl sites for hydroxylation is 1. The Morgan fingerprint density at radius 2 is 1.55 bits per heavy atom. The molecule has 1 unspecified atom stereocenters. The van der Waals surface area contributed by atoms with Crippen LogP contribution in [-0.4, -0.2) is 21.9 Å². The van der Waals surface area contributed by atoms with Crippen molar-refractivity contribution in [3.05, 3.63) is 113 Å². The number of Topliss-reactive ketones (excluding diaryl/α,β-unsaturated/α-hetero) is 1. The molecule has 1 atom stereocenters. The highest BCUT2D eigenvalue weighted by Crippen LogP contribution is 2.44. The second kappa shape index (κ2) is 7.95. The number of phenolic OH excluding ortho intramolecular Hbond substituents is 1. The van der Waals surface area contributed by atoms with Crippen molar-refractivity contribution in [2.75, 3.05) is 4.90 Å². The minimum absolute atomic E-state index is 0.00744. The monoisotopic (exact) mass is 435 g/mol. The molecule has 0 spiro atoms.